The molecule has 0 saturated carbocycles. The number of likely N-dealkylation sites (N-methyl/N-ethyl adjacent to an activating group) is 1. The van der Waals surface area contributed by atoms with E-state index in [-0.39, 0.29) is 5.56 Å². The Balaban J connectivity index is 1.36. The van der Waals surface area contributed by atoms with Gasteiger partial charge in [0.2, 0.25) is 0 Å². The molecule has 4 aromatic rings. The van der Waals surface area contributed by atoms with E-state index in [1.165, 1.54) is 10.7 Å². The van der Waals surface area contributed by atoms with E-state index >= 15 is 0 Å². The van der Waals surface area contributed by atoms with Gasteiger partial charge in [0.15, 0.2) is 5.82 Å². The molecule has 1 saturated heterocycles. The van der Waals surface area contributed by atoms with Gasteiger partial charge in [0.25, 0.3) is 5.56 Å². The molecule has 8 heteroatoms. The lowest BCUT2D eigenvalue weighted by Crippen LogP contribution is -2.44. The minimum absolute atomic E-state index is 0.161. The first kappa shape index (κ1) is 21.8. The third-order valence-electron chi connectivity index (χ3n) is 6.07. The normalized spacial score (nSPS) is 14.3. The lowest BCUT2D eigenvalue weighted by molar-refractivity contribution is 0.312. The zero-order valence-corrected chi connectivity index (χ0v) is 19.1. The van der Waals surface area contributed by atoms with Crippen molar-refractivity contribution in [3.8, 4) is 22.6 Å². The van der Waals surface area contributed by atoms with Crippen molar-refractivity contribution in [2.24, 2.45) is 0 Å². The molecule has 34 heavy (non-hydrogen) atoms. The summed E-state index contributed by atoms with van der Waals surface area (Å²) >= 11 is 0. The average Bonchev–Trinajstić information content (AvgIpc) is 2.86. The standard InChI is InChI=1S/C26H27N7O/c1-31-10-12-32(13-11-31)23-16-28-26(29-17-23)21-6-2-4-19(14-21)18-33-25(34)9-8-24(30-33)20-5-3-7-22(27)15-20/h2-9,14-17H,10-13,18,27H2,1H3. The fourth-order valence-electron chi connectivity index (χ4n) is 4.09. The maximum Gasteiger partial charge on any atom is 0.267 e. The number of rotatable bonds is 5. The molecule has 0 bridgehead atoms. The molecule has 0 amide bonds. The highest BCUT2D eigenvalue weighted by Crippen LogP contribution is 2.21. The molecule has 1 aliphatic heterocycles. The summed E-state index contributed by atoms with van der Waals surface area (Å²) in [6, 6.07) is 18.6. The lowest BCUT2D eigenvalue weighted by atomic mass is 10.1. The number of nitrogens with two attached hydrogens (primary N) is 1. The maximum absolute atomic E-state index is 12.5. The second-order valence-electron chi connectivity index (χ2n) is 8.60. The maximum atomic E-state index is 12.5. The predicted octanol–water partition coefficient (Wildman–Crippen LogP) is 2.75. The molecule has 0 aliphatic carbocycles. The van der Waals surface area contributed by atoms with Gasteiger partial charge in [-0.1, -0.05) is 30.3 Å². The molecule has 5 rings (SSSR count). The van der Waals surface area contributed by atoms with Crippen LogP contribution in [0.5, 0.6) is 0 Å². The molecule has 2 N–H and O–H groups in total. The van der Waals surface area contributed by atoms with Crippen molar-refractivity contribution in [2.45, 2.75) is 6.54 Å². The Labute approximate surface area is 198 Å². The summed E-state index contributed by atoms with van der Waals surface area (Å²) < 4.78 is 1.47. The van der Waals surface area contributed by atoms with Crippen molar-refractivity contribution < 1.29 is 0 Å². The minimum atomic E-state index is -0.161. The van der Waals surface area contributed by atoms with E-state index < -0.39 is 0 Å². The first-order chi connectivity index (χ1) is 16.5. The topological polar surface area (TPSA) is 93.2 Å². The molecule has 1 fully saturated rings. The summed E-state index contributed by atoms with van der Waals surface area (Å²) in [6.45, 7) is 4.38. The van der Waals surface area contributed by atoms with Crippen LogP contribution in [0.1, 0.15) is 5.56 Å². The quantitative estimate of drug-likeness (QED) is 0.465. The molecule has 0 spiro atoms. The number of nitrogen functional groups attached to an aromatic ring is 1. The van der Waals surface area contributed by atoms with Crippen LogP contribution in [0.2, 0.25) is 0 Å². The molecule has 0 unspecified atom stereocenters. The highest BCUT2D eigenvalue weighted by molar-refractivity contribution is 5.63. The van der Waals surface area contributed by atoms with E-state index in [9.17, 15) is 4.79 Å². The van der Waals surface area contributed by atoms with Crippen molar-refractivity contribution in [3.05, 3.63) is 89.0 Å². The SMILES string of the molecule is CN1CCN(c2cnc(-c3cccc(Cn4nc(-c5cccc(N)c5)ccc4=O)c3)nc2)CC1. The van der Waals surface area contributed by atoms with Crippen molar-refractivity contribution in [3.63, 3.8) is 0 Å². The van der Waals surface area contributed by atoms with Gasteiger partial charge in [0.1, 0.15) is 0 Å². The number of benzene rings is 2. The van der Waals surface area contributed by atoms with E-state index in [0.717, 1.165) is 48.6 Å². The number of piperazine rings is 1. The number of nitrogens with zero attached hydrogens (tertiary/aromatic N) is 6. The zero-order valence-electron chi connectivity index (χ0n) is 19.1. The van der Waals surface area contributed by atoms with E-state index in [2.05, 4.69) is 31.9 Å². The van der Waals surface area contributed by atoms with Crippen LogP contribution in [0.15, 0.2) is 77.9 Å². The van der Waals surface area contributed by atoms with Gasteiger partial charge >= 0.3 is 0 Å². The summed E-state index contributed by atoms with van der Waals surface area (Å²) in [5, 5.41) is 4.56. The van der Waals surface area contributed by atoms with Crippen LogP contribution in [0.4, 0.5) is 11.4 Å². The van der Waals surface area contributed by atoms with Gasteiger partial charge in [0.05, 0.1) is 30.3 Å². The van der Waals surface area contributed by atoms with Crippen LogP contribution in [0.3, 0.4) is 0 Å². The molecule has 0 radical (unpaired) electrons. The van der Waals surface area contributed by atoms with E-state index in [1.807, 2.05) is 60.9 Å². The molecule has 2 aromatic heterocycles. The highest BCUT2D eigenvalue weighted by atomic mass is 16.1. The van der Waals surface area contributed by atoms with E-state index in [0.29, 0.717) is 23.8 Å². The van der Waals surface area contributed by atoms with Crippen molar-refractivity contribution >= 4 is 11.4 Å². The third-order valence-corrected chi connectivity index (χ3v) is 6.07. The summed E-state index contributed by atoms with van der Waals surface area (Å²) in [6.07, 6.45) is 3.78. The number of anilines is 2. The summed E-state index contributed by atoms with van der Waals surface area (Å²) in [5.74, 6) is 0.661. The summed E-state index contributed by atoms with van der Waals surface area (Å²) in [7, 11) is 2.14. The Morgan fingerprint density at radius 3 is 2.38 bits per heavy atom. The monoisotopic (exact) mass is 453 g/mol. The van der Waals surface area contributed by atoms with Crippen molar-refractivity contribution in [1.29, 1.82) is 0 Å². The van der Waals surface area contributed by atoms with Crippen LogP contribution < -0.4 is 16.2 Å². The zero-order chi connectivity index (χ0) is 23.5. The van der Waals surface area contributed by atoms with Crippen LogP contribution in [-0.4, -0.2) is 57.9 Å². The molecule has 3 heterocycles. The second-order valence-corrected chi connectivity index (χ2v) is 8.60. The first-order valence-electron chi connectivity index (χ1n) is 11.3. The average molecular weight is 454 g/mol. The highest BCUT2D eigenvalue weighted by Gasteiger charge is 2.15. The van der Waals surface area contributed by atoms with Gasteiger partial charge in [-0.3, -0.25) is 4.79 Å². The number of aromatic nitrogens is 4. The largest absolute Gasteiger partial charge is 0.399 e. The van der Waals surface area contributed by atoms with Crippen LogP contribution in [0, 0.1) is 0 Å². The van der Waals surface area contributed by atoms with Gasteiger partial charge in [-0.25, -0.2) is 14.6 Å². The molecule has 2 aromatic carbocycles. The second kappa shape index (κ2) is 9.44. The third kappa shape index (κ3) is 4.82. The Morgan fingerprint density at radius 2 is 1.62 bits per heavy atom. The fraction of sp³-hybridized carbons (Fsp3) is 0.231. The van der Waals surface area contributed by atoms with Crippen molar-refractivity contribution in [1.82, 2.24) is 24.6 Å². The lowest BCUT2D eigenvalue weighted by Gasteiger charge is -2.33. The first-order valence-corrected chi connectivity index (χ1v) is 11.3. The van der Waals surface area contributed by atoms with Crippen molar-refractivity contribution in [2.75, 3.05) is 43.9 Å². The fourth-order valence-corrected chi connectivity index (χ4v) is 4.09. The Kier molecular flexibility index (Phi) is 6.05. The Morgan fingerprint density at radius 1 is 0.882 bits per heavy atom. The van der Waals surface area contributed by atoms with Crippen LogP contribution in [0.25, 0.3) is 22.6 Å². The van der Waals surface area contributed by atoms with E-state index in [1.54, 1.807) is 6.07 Å². The van der Waals surface area contributed by atoms with Gasteiger partial charge in [-0.15, -0.1) is 0 Å². The number of hydrogen-bond acceptors (Lipinski definition) is 7. The van der Waals surface area contributed by atoms with Gasteiger partial charge in [0, 0.05) is 49.1 Å². The Hall–Kier alpha value is -4.04. The molecular weight excluding hydrogens is 426 g/mol. The predicted molar refractivity (Wildman–Crippen MR) is 135 cm³/mol. The Bertz CT molecular complexity index is 1340. The minimum Gasteiger partial charge on any atom is -0.399 e. The van der Waals surface area contributed by atoms with Gasteiger partial charge in [-0.2, -0.15) is 5.10 Å². The molecule has 8 nitrogen and oxygen atoms in total. The van der Waals surface area contributed by atoms with E-state index in [4.69, 9.17) is 5.73 Å². The summed E-state index contributed by atoms with van der Waals surface area (Å²) in [5.41, 5.74) is 10.9. The van der Waals surface area contributed by atoms with Gasteiger partial charge < -0.3 is 15.5 Å². The van der Waals surface area contributed by atoms with Crippen LogP contribution >= 0.6 is 0 Å². The molecule has 0 atom stereocenters. The molecule has 172 valence electrons. The summed E-state index contributed by atoms with van der Waals surface area (Å²) in [4.78, 5) is 26.3. The van der Waals surface area contributed by atoms with Gasteiger partial charge in [-0.05, 0) is 36.9 Å². The van der Waals surface area contributed by atoms with Crippen LogP contribution in [-0.2, 0) is 6.54 Å². The molecule has 1 aliphatic rings. The molecular formula is C26H27N7O. The smallest absolute Gasteiger partial charge is 0.267 e. The number of hydrogen-bond donors (Lipinski definition) is 1.